The molecule has 1 aromatic heterocycles. The summed E-state index contributed by atoms with van der Waals surface area (Å²) in [6, 6.07) is 4.74. The average Bonchev–Trinajstić information content (AvgIpc) is 2.27. The van der Waals surface area contributed by atoms with Gasteiger partial charge in [0, 0.05) is 0 Å². The van der Waals surface area contributed by atoms with Gasteiger partial charge in [0.2, 0.25) is 5.28 Å². The topological polar surface area (TPSA) is 50.7 Å². The molecule has 0 atom stereocenters. The summed E-state index contributed by atoms with van der Waals surface area (Å²) in [6.07, 6.45) is 0. The van der Waals surface area contributed by atoms with Crippen molar-refractivity contribution in [2.24, 2.45) is 0 Å². The van der Waals surface area contributed by atoms with Crippen molar-refractivity contribution in [1.29, 1.82) is 0 Å². The third-order valence-corrected chi connectivity index (χ3v) is 2.41. The molecule has 0 aliphatic carbocycles. The van der Waals surface area contributed by atoms with Gasteiger partial charge in [-0.2, -0.15) is 4.98 Å². The minimum absolute atomic E-state index is 0.0226. The fraction of sp³-hybridized carbons (Fsp3) is 0.100. The maximum atomic E-state index is 13.6. The quantitative estimate of drug-likeness (QED) is 0.911. The van der Waals surface area contributed by atoms with Gasteiger partial charge in [0.15, 0.2) is 11.0 Å². The van der Waals surface area contributed by atoms with Gasteiger partial charge in [-0.05, 0) is 36.2 Å². The van der Waals surface area contributed by atoms with E-state index < -0.39 is 5.82 Å². The van der Waals surface area contributed by atoms with Crippen LogP contribution >= 0.6 is 23.2 Å². The molecule has 7 heteroatoms. The standard InChI is InChI=1S/C10H7Cl2FN4/c1-5-2-3-7(6(13)4-5)14-9-8(11)16-17-10(12)15-9/h2-4H,1H3,(H,14,15,17). The van der Waals surface area contributed by atoms with Crippen LogP contribution in [0.5, 0.6) is 0 Å². The molecular formula is C10H7Cl2FN4. The molecule has 1 heterocycles. The minimum atomic E-state index is -0.407. The zero-order valence-corrected chi connectivity index (χ0v) is 10.2. The van der Waals surface area contributed by atoms with E-state index in [2.05, 4.69) is 20.5 Å². The number of benzene rings is 1. The number of halogens is 3. The van der Waals surface area contributed by atoms with Crippen LogP contribution in [0.25, 0.3) is 0 Å². The van der Waals surface area contributed by atoms with Crippen LogP contribution in [-0.4, -0.2) is 15.2 Å². The van der Waals surface area contributed by atoms with Crippen molar-refractivity contribution < 1.29 is 4.39 Å². The summed E-state index contributed by atoms with van der Waals surface area (Å²) in [6.45, 7) is 1.79. The Morgan fingerprint density at radius 1 is 1.24 bits per heavy atom. The summed E-state index contributed by atoms with van der Waals surface area (Å²) in [5.41, 5.74) is 1.06. The molecule has 0 aliphatic rings. The van der Waals surface area contributed by atoms with Crippen LogP contribution in [0, 0.1) is 12.7 Å². The third-order valence-electron chi connectivity index (χ3n) is 2.00. The average molecular weight is 273 g/mol. The van der Waals surface area contributed by atoms with Crippen molar-refractivity contribution in [3.8, 4) is 0 Å². The van der Waals surface area contributed by atoms with E-state index in [1.165, 1.54) is 6.07 Å². The largest absolute Gasteiger partial charge is 0.335 e. The Kier molecular flexibility index (Phi) is 3.40. The highest BCUT2D eigenvalue weighted by Crippen LogP contribution is 2.24. The number of rotatable bonds is 2. The molecule has 0 aliphatic heterocycles. The molecule has 1 N–H and O–H groups in total. The summed E-state index contributed by atoms with van der Waals surface area (Å²) in [5, 5.41) is 9.67. The maximum Gasteiger partial charge on any atom is 0.245 e. The Morgan fingerprint density at radius 2 is 2.00 bits per heavy atom. The Hall–Kier alpha value is -1.46. The van der Waals surface area contributed by atoms with Gasteiger partial charge in [-0.3, -0.25) is 0 Å². The third kappa shape index (κ3) is 2.81. The lowest BCUT2D eigenvalue weighted by Gasteiger charge is -2.07. The van der Waals surface area contributed by atoms with E-state index in [0.29, 0.717) is 0 Å². The molecule has 17 heavy (non-hydrogen) atoms. The number of anilines is 2. The normalized spacial score (nSPS) is 10.4. The monoisotopic (exact) mass is 272 g/mol. The zero-order chi connectivity index (χ0) is 12.4. The molecule has 0 amide bonds. The predicted molar refractivity (Wildman–Crippen MR) is 64.3 cm³/mol. The van der Waals surface area contributed by atoms with E-state index >= 15 is 0 Å². The summed E-state index contributed by atoms with van der Waals surface area (Å²) in [5.74, 6) is -0.245. The van der Waals surface area contributed by atoms with Gasteiger partial charge in [0.05, 0.1) is 5.69 Å². The smallest absolute Gasteiger partial charge is 0.245 e. The molecule has 1 aromatic carbocycles. The Labute approximate surface area is 107 Å². The SMILES string of the molecule is Cc1ccc(Nc2nc(Cl)nnc2Cl)c(F)c1. The molecule has 2 aromatic rings. The van der Waals surface area contributed by atoms with Gasteiger partial charge >= 0.3 is 0 Å². The van der Waals surface area contributed by atoms with Crippen LogP contribution in [0.3, 0.4) is 0 Å². The van der Waals surface area contributed by atoms with Crippen LogP contribution in [0.1, 0.15) is 5.56 Å². The van der Waals surface area contributed by atoms with E-state index in [9.17, 15) is 4.39 Å². The summed E-state index contributed by atoms with van der Waals surface area (Å²) >= 11 is 11.3. The van der Waals surface area contributed by atoms with E-state index in [4.69, 9.17) is 23.2 Å². The Morgan fingerprint density at radius 3 is 2.71 bits per heavy atom. The second-order valence-corrected chi connectivity index (χ2v) is 4.02. The highest BCUT2D eigenvalue weighted by molar-refractivity contribution is 6.32. The molecule has 0 saturated carbocycles. The predicted octanol–water partition coefficient (Wildman–Crippen LogP) is 3.37. The van der Waals surface area contributed by atoms with Crippen molar-refractivity contribution in [2.45, 2.75) is 6.92 Å². The van der Waals surface area contributed by atoms with E-state index in [0.717, 1.165) is 5.56 Å². The van der Waals surface area contributed by atoms with Crippen molar-refractivity contribution in [1.82, 2.24) is 15.2 Å². The summed E-state index contributed by atoms with van der Waals surface area (Å²) < 4.78 is 13.6. The van der Waals surface area contributed by atoms with E-state index in [1.807, 2.05) is 0 Å². The van der Waals surface area contributed by atoms with Crippen LogP contribution in [0.15, 0.2) is 18.2 Å². The number of aryl methyl sites for hydroxylation is 1. The Balaban J connectivity index is 2.34. The first-order valence-corrected chi connectivity index (χ1v) is 5.41. The van der Waals surface area contributed by atoms with Gasteiger partial charge in [0.1, 0.15) is 5.82 Å². The highest BCUT2D eigenvalue weighted by atomic mass is 35.5. The van der Waals surface area contributed by atoms with Crippen LogP contribution in [0.2, 0.25) is 10.4 Å². The molecule has 2 rings (SSSR count). The Bertz CT molecular complexity index is 562. The van der Waals surface area contributed by atoms with E-state index in [-0.39, 0.29) is 21.9 Å². The van der Waals surface area contributed by atoms with Crippen molar-refractivity contribution in [2.75, 3.05) is 5.32 Å². The number of hydrogen-bond acceptors (Lipinski definition) is 4. The molecule has 88 valence electrons. The maximum absolute atomic E-state index is 13.6. The molecular weight excluding hydrogens is 266 g/mol. The van der Waals surface area contributed by atoms with Gasteiger partial charge < -0.3 is 5.32 Å². The lowest BCUT2D eigenvalue weighted by molar-refractivity contribution is 0.630. The zero-order valence-electron chi connectivity index (χ0n) is 8.71. The van der Waals surface area contributed by atoms with Gasteiger partial charge in [-0.1, -0.05) is 17.7 Å². The van der Waals surface area contributed by atoms with Crippen molar-refractivity contribution in [3.63, 3.8) is 0 Å². The van der Waals surface area contributed by atoms with Crippen LogP contribution < -0.4 is 5.32 Å². The first-order chi connectivity index (χ1) is 8.06. The molecule has 0 radical (unpaired) electrons. The van der Waals surface area contributed by atoms with Crippen molar-refractivity contribution in [3.05, 3.63) is 40.0 Å². The second kappa shape index (κ2) is 4.81. The molecule has 0 unspecified atom stereocenters. The fourth-order valence-electron chi connectivity index (χ4n) is 1.22. The van der Waals surface area contributed by atoms with Crippen molar-refractivity contribution >= 4 is 34.7 Å². The molecule has 0 spiro atoms. The molecule has 0 fully saturated rings. The first-order valence-electron chi connectivity index (χ1n) is 4.65. The van der Waals surface area contributed by atoms with Crippen LogP contribution in [0.4, 0.5) is 15.9 Å². The molecule has 0 bridgehead atoms. The van der Waals surface area contributed by atoms with Crippen LogP contribution in [-0.2, 0) is 0 Å². The number of nitrogens with zero attached hydrogens (tertiary/aromatic N) is 3. The first kappa shape index (κ1) is 12.0. The minimum Gasteiger partial charge on any atom is -0.335 e. The van der Waals surface area contributed by atoms with Gasteiger partial charge in [0.25, 0.3) is 0 Å². The summed E-state index contributed by atoms with van der Waals surface area (Å²) in [4.78, 5) is 3.81. The number of aromatic nitrogens is 3. The second-order valence-electron chi connectivity index (χ2n) is 3.33. The number of hydrogen-bond donors (Lipinski definition) is 1. The van der Waals surface area contributed by atoms with E-state index in [1.54, 1.807) is 19.1 Å². The number of nitrogens with one attached hydrogen (secondary N) is 1. The molecule has 0 saturated heterocycles. The highest BCUT2D eigenvalue weighted by Gasteiger charge is 2.09. The van der Waals surface area contributed by atoms with Gasteiger partial charge in [-0.25, -0.2) is 4.39 Å². The summed E-state index contributed by atoms with van der Waals surface area (Å²) in [7, 11) is 0. The lowest BCUT2D eigenvalue weighted by atomic mass is 10.2. The lowest BCUT2D eigenvalue weighted by Crippen LogP contribution is -2.00. The van der Waals surface area contributed by atoms with Gasteiger partial charge in [-0.15, -0.1) is 10.2 Å². The fourth-order valence-corrected chi connectivity index (χ4v) is 1.47. The molecule has 4 nitrogen and oxygen atoms in total.